The van der Waals surface area contributed by atoms with Gasteiger partial charge in [-0.2, -0.15) is 0 Å². The topological polar surface area (TPSA) is 108 Å². The number of fused-ring (bicyclic) bond motifs is 1. The molecule has 9 heteroatoms. The Hall–Kier alpha value is -1.19. The molecule has 0 saturated heterocycles. The van der Waals surface area contributed by atoms with Crippen LogP contribution in [0.2, 0.25) is 0 Å². The molecule has 1 unspecified atom stereocenters. The third-order valence-corrected chi connectivity index (χ3v) is 4.83. The first-order valence-corrected chi connectivity index (χ1v) is 8.98. The lowest BCUT2D eigenvalue weighted by Gasteiger charge is -2.16. The maximum atomic E-state index is 11.2. The van der Waals surface area contributed by atoms with Crippen molar-refractivity contribution in [3.8, 4) is 0 Å². The average Bonchev–Trinajstić information content (AvgIpc) is 2.75. The standard InChI is InChI=1S/C11H17N3O4S2/c1-20(17,18)13-6-5-12-11-14-9-7(10(15)16)3-2-4-8(9)19-11/h7,13H,2-6H2,1H3,(H,12,14)(H,15,16). The van der Waals surface area contributed by atoms with Crippen LogP contribution in [0.4, 0.5) is 5.13 Å². The zero-order valence-electron chi connectivity index (χ0n) is 11.0. The van der Waals surface area contributed by atoms with Crippen molar-refractivity contribution in [2.75, 3.05) is 24.7 Å². The predicted molar refractivity (Wildman–Crippen MR) is 76.8 cm³/mol. The molecule has 1 aromatic heterocycles. The van der Waals surface area contributed by atoms with Crippen molar-refractivity contribution in [1.82, 2.24) is 9.71 Å². The Morgan fingerprint density at radius 2 is 2.25 bits per heavy atom. The van der Waals surface area contributed by atoms with Crippen molar-refractivity contribution in [2.24, 2.45) is 0 Å². The molecule has 7 nitrogen and oxygen atoms in total. The van der Waals surface area contributed by atoms with Crippen LogP contribution in [0.1, 0.15) is 29.3 Å². The SMILES string of the molecule is CS(=O)(=O)NCCNc1nc2c(s1)CCCC2C(=O)O. The monoisotopic (exact) mass is 319 g/mol. The van der Waals surface area contributed by atoms with Gasteiger partial charge in [-0.15, -0.1) is 11.3 Å². The lowest BCUT2D eigenvalue weighted by Crippen LogP contribution is -2.27. The van der Waals surface area contributed by atoms with Crippen LogP contribution in [0, 0.1) is 0 Å². The summed E-state index contributed by atoms with van der Waals surface area (Å²) in [5.74, 6) is -1.35. The quantitative estimate of drug-likeness (QED) is 0.663. The Morgan fingerprint density at radius 1 is 1.50 bits per heavy atom. The minimum absolute atomic E-state index is 0.269. The summed E-state index contributed by atoms with van der Waals surface area (Å²) in [6.07, 6.45) is 3.45. The van der Waals surface area contributed by atoms with E-state index >= 15 is 0 Å². The van der Waals surface area contributed by atoms with E-state index in [1.165, 1.54) is 11.3 Å². The number of aliphatic carboxylic acids is 1. The molecule has 1 atom stereocenters. The molecule has 1 heterocycles. The number of anilines is 1. The minimum Gasteiger partial charge on any atom is -0.481 e. The van der Waals surface area contributed by atoms with Crippen LogP contribution in [0.3, 0.4) is 0 Å². The molecule has 1 aliphatic rings. The summed E-state index contributed by atoms with van der Waals surface area (Å²) in [4.78, 5) is 16.5. The van der Waals surface area contributed by atoms with Crippen molar-refractivity contribution in [1.29, 1.82) is 0 Å². The summed E-state index contributed by atoms with van der Waals surface area (Å²) < 4.78 is 24.2. The number of hydrogen-bond acceptors (Lipinski definition) is 6. The second kappa shape index (κ2) is 6.06. The second-order valence-electron chi connectivity index (χ2n) is 4.70. The van der Waals surface area contributed by atoms with Crippen molar-refractivity contribution in [2.45, 2.75) is 25.2 Å². The van der Waals surface area contributed by atoms with Crippen molar-refractivity contribution in [3.05, 3.63) is 10.6 Å². The molecule has 3 N–H and O–H groups in total. The highest BCUT2D eigenvalue weighted by Crippen LogP contribution is 2.36. The Morgan fingerprint density at radius 3 is 2.90 bits per heavy atom. The normalized spacial score (nSPS) is 18.6. The van der Waals surface area contributed by atoms with Crippen LogP contribution < -0.4 is 10.0 Å². The average molecular weight is 319 g/mol. The first-order valence-electron chi connectivity index (χ1n) is 6.28. The highest BCUT2D eigenvalue weighted by atomic mass is 32.2. The molecule has 0 aromatic carbocycles. The van der Waals surface area contributed by atoms with E-state index in [2.05, 4.69) is 15.0 Å². The Labute approximate surface area is 121 Å². The summed E-state index contributed by atoms with van der Waals surface area (Å²) >= 11 is 1.45. The van der Waals surface area contributed by atoms with Gasteiger partial charge in [-0.3, -0.25) is 4.79 Å². The van der Waals surface area contributed by atoms with E-state index in [-0.39, 0.29) is 6.54 Å². The van der Waals surface area contributed by atoms with Gasteiger partial charge in [0.25, 0.3) is 0 Å². The maximum Gasteiger partial charge on any atom is 0.312 e. The fourth-order valence-corrected chi connectivity index (χ4v) is 3.70. The third kappa shape index (κ3) is 3.90. The van der Waals surface area contributed by atoms with E-state index < -0.39 is 21.9 Å². The van der Waals surface area contributed by atoms with Crippen molar-refractivity contribution in [3.63, 3.8) is 0 Å². The van der Waals surface area contributed by atoms with Gasteiger partial charge in [0.1, 0.15) is 5.92 Å². The van der Waals surface area contributed by atoms with Crippen LogP contribution in [-0.4, -0.2) is 43.8 Å². The molecule has 2 rings (SSSR count). The maximum absolute atomic E-state index is 11.2. The molecular weight excluding hydrogens is 302 g/mol. The minimum atomic E-state index is -3.19. The van der Waals surface area contributed by atoms with Gasteiger partial charge in [-0.1, -0.05) is 0 Å². The van der Waals surface area contributed by atoms with Gasteiger partial charge in [0.15, 0.2) is 5.13 Å². The van der Waals surface area contributed by atoms with E-state index in [4.69, 9.17) is 5.11 Å². The van der Waals surface area contributed by atoms with Gasteiger partial charge in [0.05, 0.1) is 11.9 Å². The molecule has 0 fully saturated rings. The number of carboxylic acid groups (broad SMARTS) is 1. The first-order chi connectivity index (χ1) is 9.37. The molecule has 0 radical (unpaired) electrons. The fourth-order valence-electron chi connectivity index (χ4n) is 2.14. The van der Waals surface area contributed by atoms with Gasteiger partial charge >= 0.3 is 5.97 Å². The van der Waals surface area contributed by atoms with E-state index in [0.717, 1.165) is 24.0 Å². The Kier molecular flexibility index (Phi) is 4.61. The smallest absolute Gasteiger partial charge is 0.312 e. The largest absolute Gasteiger partial charge is 0.481 e. The molecular formula is C11H17N3O4S2. The number of aromatic nitrogens is 1. The van der Waals surface area contributed by atoms with Gasteiger partial charge in [-0.25, -0.2) is 18.1 Å². The molecule has 1 aliphatic carbocycles. The van der Waals surface area contributed by atoms with Crippen LogP contribution in [-0.2, 0) is 21.2 Å². The molecule has 0 amide bonds. The van der Waals surface area contributed by atoms with Crippen LogP contribution >= 0.6 is 11.3 Å². The van der Waals surface area contributed by atoms with E-state index in [1.807, 2.05) is 0 Å². The van der Waals surface area contributed by atoms with Gasteiger partial charge < -0.3 is 10.4 Å². The number of nitrogens with zero attached hydrogens (tertiary/aromatic N) is 1. The number of hydrogen-bond donors (Lipinski definition) is 3. The van der Waals surface area contributed by atoms with Gasteiger partial charge in [0.2, 0.25) is 10.0 Å². The number of rotatable bonds is 6. The molecule has 1 aromatic rings. The number of thiazole rings is 1. The zero-order valence-corrected chi connectivity index (χ0v) is 12.7. The number of carbonyl (C=O) groups is 1. The predicted octanol–water partition coefficient (Wildman–Crippen LogP) is 0.609. The van der Waals surface area contributed by atoms with Gasteiger partial charge in [-0.05, 0) is 19.3 Å². The first kappa shape index (κ1) is 15.2. The van der Waals surface area contributed by atoms with E-state index in [1.54, 1.807) is 0 Å². The van der Waals surface area contributed by atoms with Crippen LogP contribution in [0.15, 0.2) is 0 Å². The zero-order chi connectivity index (χ0) is 14.8. The number of aryl methyl sites for hydroxylation is 1. The summed E-state index contributed by atoms with van der Waals surface area (Å²) in [5.41, 5.74) is 0.660. The fraction of sp³-hybridized carbons (Fsp3) is 0.636. The molecule has 0 bridgehead atoms. The number of nitrogens with one attached hydrogen (secondary N) is 2. The summed E-state index contributed by atoms with van der Waals surface area (Å²) in [7, 11) is -3.19. The molecule has 112 valence electrons. The molecule has 0 aliphatic heterocycles. The van der Waals surface area contributed by atoms with Crippen molar-refractivity contribution >= 4 is 32.5 Å². The number of sulfonamides is 1. The Balaban J connectivity index is 1.96. The highest BCUT2D eigenvalue weighted by molar-refractivity contribution is 7.88. The highest BCUT2D eigenvalue weighted by Gasteiger charge is 2.29. The summed E-state index contributed by atoms with van der Waals surface area (Å²) in [6.45, 7) is 0.683. The third-order valence-electron chi connectivity index (χ3n) is 3.02. The lowest BCUT2D eigenvalue weighted by molar-refractivity contribution is -0.139. The molecule has 20 heavy (non-hydrogen) atoms. The summed E-state index contributed by atoms with van der Waals surface area (Å²) in [6, 6.07) is 0. The molecule has 0 spiro atoms. The van der Waals surface area contributed by atoms with Gasteiger partial charge in [0, 0.05) is 18.0 Å². The second-order valence-corrected chi connectivity index (χ2v) is 7.62. The van der Waals surface area contributed by atoms with E-state index in [9.17, 15) is 13.2 Å². The number of carboxylic acids is 1. The van der Waals surface area contributed by atoms with Crippen LogP contribution in [0.25, 0.3) is 0 Å². The lowest BCUT2D eigenvalue weighted by atomic mass is 9.91. The van der Waals surface area contributed by atoms with Crippen molar-refractivity contribution < 1.29 is 18.3 Å². The Bertz CT molecular complexity index is 597. The summed E-state index contributed by atoms with van der Waals surface area (Å²) in [5, 5.41) is 12.8. The van der Waals surface area contributed by atoms with Crippen LogP contribution in [0.5, 0.6) is 0 Å². The van der Waals surface area contributed by atoms with E-state index in [0.29, 0.717) is 23.8 Å². The molecule has 0 saturated carbocycles.